The van der Waals surface area contributed by atoms with Crippen molar-refractivity contribution in [1.82, 2.24) is 20.2 Å². The molecule has 24 heavy (non-hydrogen) atoms. The fourth-order valence-corrected chi connectivity index (χ4v) is 3.75. The highest BCUT2D eigenvalue weighted by molar-refractivity contribution is 7.80. The Balaban J connectivity index is 1.96. The molecule has 1 fully saturated rings. The number of aromatic nitrogens is 2. The van der Waals surface area contributed by atoms with Gasteiger partial charge in [0.1, 0.15) is 0 Å². The highest BCUT2D eigenvalue weighted by Crippen LogP contribution is 2.40. The van der Waals surface area contributed by atoms with Crippen molar-refractivity contribution in [1.29, 1.82) is 0 Å². The lowest BCUT2D eigenvalue weighted by Gasteiger charge is -2.27. The fraction of sp³-hybridized carbons (Fsp3) is 0.444. The normalized spacial score (nSPS) is 20.5. The number of hydrogen-bond donors (Lipinski definition) is 2. The van der Waals surface area contributed by atoms with Crippen LogP contribution in [-0.4, -0.2) is 40.2 Å². The molecular formula is C18H24N4OS. The first-order valence-corrected chi connectivity index (χ1v) is 8.65. The lowest BCUT2D eigenvalue weighted by Crippen LogP contribution is -2.31. The van der Waals surface area contributed by atoms with Gasteiger partial charge in [-0.3, -0.25) is 4.98 Å². The van der Waals surface area contributed by atoms with Crippen LogP contribution in [0.3, 0.4) is 0 Å². The predicted molar refractivity (Wildman–Crippen MR) is 98.9 cm³/mol. The number of nitrogens with zero attached hydrogens (tertiary/aromatic N) is 2. The minimum atomic E-state index is 0.0511. The number of H-pyrrole nitrogens is 1. The molecule has 128 valence electrons. The Kier molecular flexibility index (Phi) is 5.16. The zero-order valence-corrected chi connectivity index (χ0v) is 15.2. The van der Waals surface area contributed by atoms with Crippen molar-refractivity contribution in [2.75, 3.05) is 20.3 Å². The minimum Gasteiger partial charge on any atom is -0.385 e. The zero-order chi connectivity index (χ0) is 17.1. The molecule has 0 unspecified atom stereocenters. The van der Waals surface area contributed by atoms with E-state index in [0.29, 0.717) is 0 Å². The highest BCUT2D eigenvalue weighted by Gasteiger charge is 2.40. The molecule has 3 rings (SSSR count). The number of pyridine rings is 1. The van der Waals surface area contributed by atoms with Crippen LogP contribution in [0.2, 0.25) is 0 Å². The summed E-state index contributed by atoms with van der Waals surface area (Å²) in [5.74, 6) is 0. The highest BCUT2D eigenvalue weighted by atomic mass is 32.1. The van der Waals surface area contributed by atoms with E-state index in [1.165, 1.54) is 11.3 Å². The van der Waals surface area contributed by atoms with Gasteiger partial charge in [-0.2, -0.15) is 0 Å². The first-order chi connectivity index (χ1) is 11.6. The van der Waals surface area contributed by atoms with E-state index in [2.05, 4.69) is 46.2 Å². The Labute approximate surface area is 148 Å². The van der Waals surface area contributed by atoms with Crippen LogP contribution in [0.25, 0.3) is 0 Å². The van der Waals surface area contributed by atoms with E-state index in [0.717, 1.165) is 36.1 Å². The Morgan fingerprint density at radius 3 is 2.79 bits per heavy atom. The van der Waals surface area contributed by atoms with E-state index in [1.807, 2.05) is 18.3 Å². The number of aryl methyl sites for hydroxylation is 2. The van der Waals surface area contributed by atoms with Crippen molar-refractivity contribution in [3.63, 3.8) is 0 Å². The van der Waals surface area contributed by atoms with Crippen LogP contribution in [0.15, 0.2) is 30.5 Å². The van der Waals surface area contributed by atoms with Gasteiger partial charge < -0.3 is 19.9 Å². The third-order valence-electron chi connectivity index (χ3n) is 4.45. The van der Waals surface area contributed by atoms with E-state index in [9.17, 15) is 0 Å². The average Bonchev–Trinajstić information content (AvgIpc) is 3.07. The molecule has 0 spiro atoms. The van der Waals surface area contributed by atoms with Crippen molar-refractivity contribution in [2.24, 2.45) is 0 Å². The molecule has 2 atom stereocenters. The van der Waals surface area contributed by atoms with Gasteiger partial charge in [0.05, 0.1) is 17.8 Å². The summed E-state index contributed by atoms with van der Waals surface area (Å²) in [6, 6.07) is 8.42. The molecule has 3 heterocycles. The van der Waals surface area contributed by atoms with Gasteiger partial charge in [-0.15, -0.1) is 0 Å². The number of hydrogen-bond acceptors (Lipinski definition) is 3. The van der Waals surface area contributed by atoms with Crippen molar-refractivity contribution >= 4 is 17.3 Å². The van der Waals surface area contributed by atoms with Gasteiger partial charge in [-0.25, -0.2) is 0 Å². The number of methoxy groups -OCH3 is 1. The molecule has 2 aromatic rings. The third-order valence-corrected chi connectivity index (χ3v) is 4.81. The van der Waals surface area contributed by atoms with E-state index < -0.39 is 0 Å². The average molecular weight is 344 g/mol. The molecule has 0 saturated carbocycles. The lowest BCUT2D eigenvalue weighted by molar-refractivity contribution is 0.180. The molecule has 2 N–H and O–H groups in total. The zero-order valence-electron chi connectivity index (χ0n) is 14.4. The molecule has 0 radical (unpaired) electrons. The molecule has 1 aliphatic rings. The molecule has 1 aliphatic heterocycles. The number of rotatable bonds is 6. The summed E-state index contributed by atoms with van der Waals surface area (Å²) >= 11 is 5.63. The SMILES string of the molecule is COCCCN1C(=S)N[C@H](c2ccccn2)[C@H]1c1cc(C)[nH]c1C. The first kappa shape index (κ1) is 16.9. The van der Waals surface area contributed by atoms with Gasteiger partial charge in [0.2, 0.25) is 0 Å². The molecule has 6 heteroatoms. The Morgan fingerprint density at radius 1 is 1.33 bits per heavy atom. The van der Waals surface area contributed by atoms with E-state index in [-0.39, 0.29) is 12.1 Å². The minimum absolute atomic E-state index is 0.0511. The Bertz CT molecular complexity index is 700. The van der Waals surface area contributed by atoms with Crippen LogP contribution in [-0.2, 0) is 4.74 Å². The first-order valence-electron chi connectivity index (χ1n) is 8.25. The van der Waals surface area contributed by atoms with Crippen molar-refractivity contribution in [3.05, 3.63) is 53.1 Å². The topological polar surface area (TPSA) is 53.2 Å². The van der Waals surface area contributed by atoms with Gasteiger partial charge in [0, 0.05) is 37.8 Å². The summed E-state index contributed by atoms with van der Waals surface area (Å²) < 4.78 is 5.21. The molecule has 1 saturated heterocycles. The smallest absolute Gasteiger partial charge is 0.170 e. The lowest BCUT2D eigenvalue weighted by atomic mass is 9.97. The van der Waals surface area contributed by atoms with Crippen LogP contribution in [0.1, 0.15) is 41.1 Å². The van der Waals surface area contributed by atoms with Crippen LogP contribution in [0, 0.1) is 13.8 Å². The van der Waals surface area contributed by atoms with Gasteiger partial charge >= 0.3 is 0 Å². The molecule has 0 aliphatic carbocycles. The summed E-state index contributed by atoms with van der Waals surface area (Å²) in [5, 5.41) is 4.25. The molecule has 0 bridgehead atoms. The second-order valence-electron chi connectivity index (χ2n) is 6.20. The fourth-order valence-electron chi connectivity index (χ4n) is 3.42. The van der Waals surface area contributed by atoms with Gasteiger partial charge in [0.25, 0.3) is 0 Å². The number of nitrogens with one attached hydrogen (secondary N) is 2. The molecule has 2 aromatic heterocycles. The predicted octanol–water partition coefficient (Wildman–Crippen LogP) is 3.04. The number of ether oxygens (including phenoxy) is 1. The van der Waals surface area contributed by atoms with E-state index >= 15 is 0 Å². The summed E-state index contributed by atoms with van der Waals surface area (Å²) in [5.41, 5.74) is 4.63. The summed E-state index contributed by atoms with van der Waals surface area (Å²) in [6.07, 6.45) is 2.77. The molecule has 0 amide bonds. The van der Waals surface area contributed by atoms with Crippen LogP contribution in [0.5, 0.6) is 0 Å². The summed E-state index contributed by atoms with van der Waals surface area (Å²) in [4.78, 5) is 10.2. The molecular weight excluding hydrogens is 320 g/mol. The summed E-state index contributed by atoms with van der Waals surface area (Å²) in [7, 11) is 1.73. The standard InChI is InChI=1S/C18H24N4OS/c1-12-11-14(13(2)20-12)17-16(15-7-4-5-8-19-15)21-18(24)22(17)9-6-10-23-3/h4-5,7-8,11,16-17,20H,6,9-10H2,1-3H3,(H,21,24)/t16-,17-/m1/s1. The van der Waals surface area contributed by atoms with E-state index in [1.54, 1.807) is 7.11 Å². The second kappa shape index (κ2) is 7.32. The molecule has 0 aromatic carbocycles. The monoisotopic (exact) mass is 344 g/mol. The maximum atomic E-state index is 5.63. The Morgan fingerprint density at radius 2 is 2.17 bits per heavy atom. The molecule has 5 nitrogen and oxygen atoms in total. The maximum Gasteiger partial charge on any atom is 0.170 e. The van der Waals surface area contributed by atoms with Crippen LogP contribution >= 0.6 is 12.2 Å². The van der Waals surface area contributed by atoms with Crippen molar-refractivity contribution in [2.45, 2.75) is 32.4 Å². The van der Waals surface area contributed by atoms with Crippen molar-refractivity contribution < 1.29 is 4.74 Å². The van der Waals surface area contributed by atoms with Gasteiger partial charge in [-0.1, -0.05) is 6.07 Å². The largest absolute Gasteiger partial charge is 0.385 e. The maximum absolute atomic E-state index is 5.63. The van der Waals surface area contributed by atoms with Gasteiger partial charge in [-0.05, 0) is 56.2 Å². The van der Waals surface area contributed by atoms with Crippen LogP contribution < -0.4 is 5.32 Å². The third kappa shape index (κ3) is 3.30. The number of aromatic amines is 1. The van der Waals surface area contributed by atoms with Gasteiger partial charge in [0.15, 0.2) is 5.11 Å². The number of thiocarbonyl (C=S) groups is 1. The quantitative estimate of drug-likeness (QED) is 0.623. The van der Waals surface area contributed by atoms with E-state index in [4.69, 9.17) is 17.0 Å². The van der Waals surface area contributed by atoms with Crippen LogP contribution in [0.4, 0.5) is 0 Å². The second-order valence-corrected chi connectivity index (χ2v) is 6.59. The summed E-state index contributed by atoms with van der Waals surface area (Å²) in [6.45, 7) is 5.79. The van der Waals surface area contributed by atoms with Crippen molar-refractivity contribution in [3.8, 4) is 0 Å². The Hall–Kier alpha value is -1.92.